The molecule has 0 spiro atoms. The lowest BCUT2D eigenvalue weighted by Crippen LogP contribution is -2.27. The van der Waals surface area contributed by atoms with Crippen LogP contribution in [0.5, 0.6) is 11.5 Å². The van der Waals surface area contributed by atoms with Gasteiger partial charge < -0.3 is 19.1 Å². The minimum Gasteiger partial charge on any atom is -0.497 e. The van der Waals surface area contributed by atoms with Gasteiger partial charge in [-0.15, -0.1) is 0 Å². The molecule has 0 fully saturated rings. The van der Waals surface area contributed by atoms with Crippen molar-refractivity contribution in [2.45, 2.75) is 6.61 Å². The Hall–Kier alpha value is -2.26. The van der Waals surface area contributed by atoms with E-state index in [0.29, 0.717) is 38.0 Å². The Morgan fingerprint density at radius 3 is 1.74 bits per heavy atom. The molecule has 3 rings (SSSR count). The van der Waals surface area contributed by atoms with E-state index in [0.717, 1.165) is 0 Å². The lowest BCUT2D eigenvalue weighted by atomic mass is 10.2. The third-order valence-corrected chi connectivity index (χ3v) is 7.81. The fraction of sp³-hybridized carbons (Fsp3) is 0.143. The van der Waals surface area contributed by atoms with Crippen molar-refractivity contribution in [1.82, 2.24) is 0 Å². The van der Waals surface area contributed by atoms with Crippen molar-refractivity contribution in [1.29, 1.82) is 0 Å². The smallest absolute Gasteiger partial charge is 0.171 e. The maximum absolute atomic E-state index is 14.5. The van der Waals surface area contributed by atoms with Crippen molar-refractivity contribution >= 4 is 34.7 Å². The van der Waals surface area contributed by atoms with Crippen molar-refractivity contribution in [2.75, 3.05) is 14.2 Å². The first kappa shape index (κ1) is 19.5. The number of benzene rings is 3. The maximum Gasteiger partial charge on any atom is 0.171 e. The van der Waals surface area contributed by atoms with Crippen LogP contribution in [0.3, 0.4) is 0 Å². The SMILES string of the molecule is COc1ccc(P(=O)(c2ccc(OC)cc2)c2cc(Cl)ccc2CO)cc1. The van der Waals surface area contributed by atoms with Gasteiger partial charge in [0.25, 0.3) is 0 Å². The van der Waals surface area contributed by atoms with Gasteiger partial charge in [-0.2, -0.15) is 0 Å². The Morgan fingerprint density at radius 2 is 1.33 bits per heavy atom. The fourth-order valence-corrected chi connectivity index (χ4v) is 6.09. The van der Waals surface area contributed by atoms with Crippen molar-refractivity contribution in [3.8, 4) is 11.5 Å². The zero-order chi connectivity index (χ0) is 19.4. The van der Waals surface area contributed by atoms with Crippen LogP contribution in [-0.2, 0) is 11.2 Å². The number of rotatable bonds is 6. The predicted molar refractivity (Wildman–Crippen MR) is 110 cm³/mol. The molecule has 6 heteroatoms. The predicted octanol–water partition coefficient (Wildman–Crippen LogP) is 3.49. The summed E-state index contributed by atoms with van der Waals surface area (Å²) in [7, 11) is -0.109. The Balaban J connectivity index is 2.28. The molecule has 0 atom stereocenters. The Morgan fingerprint density at radius 1 is 0.852 bits per heavy atom. The van der Waals surface area contributed by atoms with E-state index < -0.39 is 7.14 Å². The summed E-state index contributed by atoms with van der Waals surface area (Å²) in [6, 6.07) is 19.3. The zero-order valence-corrected chi connectivity index (χ0v) is 16.7. The van der Waals surface area contributed by atoms with Crippen LogP contribution in [0.15, 0.2) is 66.7 Å². The van der Waals surface area contributed by atoms with Crippen LogP contribution >= 0.6 is 18.7 Å². The molecule has 0 saturated heterocycles. The summed E-state index contributed by atoms with van der Waals surface area (Å²) in [4.78, 5) is 0. The van der Waals surface area contributed by atoms with Crippen LogP contribution < -0.4 is 25.4 Å². The van der Waals surface area contributed by atoms with Crippen molar-refractivity contribution < 1.29 is 19.1 Å². The molecule has 1 N–H and O–H groups in total. The number of hydrogen-bond acceptors (Lipinski definition) is 4. The van der Waals surface area contributed by atoms with Gasteiger partial charge in [-0.1, -0.05) is 17.7 Å². The van der Waals surface area contributed by atoms with E-state index in [1.807, 2.05) is 0 Å². The minimum absolute atomic E-state index is 0.233. The van der Waals surface area contributed by atoms with Crippen molar-refractivity contribution in [3.05, 3.63) is 77.3 Å². The number of ether oxygens (including phenoxy) is 2. The number of halogens is 1. The van der Waals surface area contributed by atoms with Gasteiger partial charge in [0.05, 0.1) is 20.8 Å². The van der Waals surface area contributed by atoms with Gasteiger partial charge in [-0.25, -0.2) is 0 Å². The highest BCUT2D eigenvalue weighted by atomic mass is 35.5. The van der Waals surface area contributed by atoms with E-state index >= 15 is 0 Å². The van der Waals surface area contributed by atoms with Gasteiger partial charge in [0, 0.05) is 20.9 Å². The molecule has 0 heterocycles. The molecule has 0 aliphatic carbocycles. The monoisotopic (exact) mass is 402 g/mol. The molecule has 0 aromatic heterocycles. The number of aliphatic hydroxyl groups excluding tert-OH is 1. The highest BCUT2D eigenvalue weighted by molar-refractivity contribution is 7.85. The molecular formula is C21H20ClO4P. The van der Waals surface area contributed by atoms with E-state index in [1.165, 1.54) is 0 Å². The van der Waals surface area contributed by atoms with Crippen LogP contribution in [0.4, 0.5) is 0 Å². The summed E-state index contributed by atoms with van der Waals surface area (Å²) >= 11 is 6.21. The quantitative estimate of drug-likeness (QED) is 0.641. The standard InChI is InChI=1S/C21H20ClO4P/c1-25-17-5-9-19(10-6-17)27(24,20-11-7-18(26-2)8-12-20)21-13-16(22)4-3-15(21)14-23/h3-13,23H,14H2,1-2H3. The maximum atomic E-state index is 14.5. The number of methoxy groups -OCH3 is 2. The topological polar surface area (TPSA) is 55.8 Å². The Labute approximate surface area is 163 Å². The Kier molecular flexibility index (Phi) is 5.91. The second kappa shape index (κ2) is 8.18. The minimum atomic E-state index is -3.27. The molecular weight excluding hydrogens is 383 g/mol. The second-order valence-corrected chi connectivity index (χ2v) is 9.11. The van der Waals surface area contributed by atoms with E-state index in [1.54, 1.807) is 80.9 Å². The summed E-state index contributed by atoms with van der Waals surface area (Å²) in [5.74, 6) is 1.35. The normalized spacial score (nSPS) is 11.3. The average Bonchev–Trinajstić information content (AvgIpc) is 2.73. The van der Waals surface area contributed by atoms with Crippen LogP contribution in [0, 0.1) is 0 Å². The molecule has 3 aromatic rings. The van der Waals surface area contributed by atoms with Crippen molar-refractivity contribution in [3.63, 3.8) is 0 Å². The second-order valence-electron chi connectivity index (χ2n) is 5.94. The third kappa shape index (κ3) is 3.74. The van der Waals surface area contributed by atoms with E-state index in [4.69, 9.17) is 21.1 Å². The molecule has 4 nitrogen and oxygen atoms in total. The van der Waals surface area contributed by atoms with Crippen molar-refractivity contribution in [2.24, 2.45) is 0 Å². The molecule has 0 unspecified atom stereocenters. The Bertz CT molecular complexity index is 917. The van der Waals surface area contributed by atoms with Gasteiger partial charge in [-0.3, -0.25) is 0 Å². The van der Waals surface area contributed by atoms with Crippen LogP contribution in [0.25, 0.3) is 0 Å². The highest BCUT2D eigenvalue weighted by Crippen LogP contribution is 2.44. The summed E-state index contributed by atoms with van der Waals surface area (Å²) in [5, 5.41) is 12.1. The highest BCUT2D eigenvalue weighted by Gasteiger charge is 2.32. The summed E-state index contributed by atoms with van der Waals surface area (Å²) in [6.07, 6.45) is 0. The largest absolute Gasteiger partial charge is 0.497 e. The van der Waals surface area contributed by atoms with Crippen LogP contribution in [0.2, 0.25) is 5.02 Å². The molecule has 0 bridgehead atoms. The summed E-state index contributed by atoms with van der Waals surface area (Å²) < 4.78 is 24.9. The summed E-state index contributed by atoms with van der Waals surface area (Å²) in [6.45, 7) is -0.233. The third-order valence-electron chi connectivity index (χ3n) is 4.43. The first-order chi connectivity index (χ1) is 13.0. The van der Waals surface area contributed by atoms with Gasteiger partial charge in [0.1, 0.15) is 11.5 Å². The van der Waals surface area contributed by atoms with Gasteiger partial charge in [0.2, 0.25) is 0 Å². The van der Waals surface area contributed by atoms with Gasteiger partial charge in [-0.05, 0) is 66.2 Å². The molecule has 0 aliphatic heterocycles. The lowest BCUT2D eigenvalue weighted by molar-refractivity contribution is 0.283. The molecule has 27 heavy (non-hydrogen) atoms. The van der Waals surface area contributed by atoms with Gasteiger partial charge >= 0.3 is 0 Å². The molecule has 0 aliphatic rings. The molecule has 0 saturated carbocycles. The molecule has 0 radical (unpaired) electrons. The van der Waals surface area contributed by atoms with Crippen LogP contribution in [-0.4, -0.2) is 19.3 Å². The lowest BCUT2D eigenvalue weighted by Gasteiger charge is -2.23. The zero-order valence-electron chi connectivity index (χ0n) is 15.1. The van der Waals surface area contributed by atoms with Crippen LogP contribution in [0.1, 0.15) is 5.56 Å². The number of hydrogen-bond donors (Lipinski definition) is 1. The molecule has 0 amide bonds. The average molecular weight is 403 g/mol. The number of aliphatic hydroxyl groups is 1. The first-order valence-electron chi connectivity index (χ1n) is 8.32. The van der Waals surface area contributed by atoms with E-state index in [2.05, 4.69) is 0 Å². The van der Waals surface area contributed by atoms with E-state index in [9.17, 15) is 9.67 Å². The molecule has 140 valence electrons. The summed E-state index contributed by atoms with van der Waals surface area (Å²) in [5.41, 5.74) is 0.578. The first-order valence-corrected chi connectivity index (χ1v) is 10.4. The van der Waals surface area contributed by atoms with Gasteiger partial charge in [0.15, 0.2) is 7.14 Å². The fourth-order valence-electron chi connectivity index (χ4n) is 2.98. The molecule has 3 aromatic carbocycles. The van der Waals surface area contributed by atoms with E-state index in [-0.39, 0.29) is 6.61 Å².